The molecule has 0 radical (unpaired) electrons. The van der Waals surface area contributed by atoms with E-state index in [1.807, 2.05) is 0 Å². The van der Waals surface area contributed by atoms with Gasteiger partial charge in [0.2, 0.25) is 0 Å². The Bertz CT molecular complexity index is 334. The van der Waals surface area contributed by atoms with Crippen molar-refractivity contribution in [3.63, 3.8) is 0 Å². The Morgan fingerprint density at radius 3 is 2.31 bits per heavy atom. The molecule has 0 amide bonds. The molecule has 0 heterocycles. The van der Waals surface area contributed by atoms with Crippen molar-refractivity contribution in [2.45, 2.75) is 0 Å². The van der Waals surface area contributed by atoms with Crippen LogP contribution in [0.15, 0.2) is 18.2 Å². The number of halogens is 3. The van der Waals surface area contributed by atoms with E-state index in [0.717, 1.165) is 6.07 Å². The molecule has 0 fully saturated rings. The topological polar surface area (TPSA) is 26.0 Å². The van der Waals surface area contributed by atoms with E-state index in [9.17, 15) is 13.2 Å². The molecule has 70 valence electrons. The third kappa shape index (κ3) is 2.32. The van der Waals surface area contributed by atoms with Crippen LogP contribution < -0.4 is 5.73 Å². The third-order valence-electron chi connectivity index (χ3n) is 1.47. The zero-order chi connectivity index (χ0) is 9.84. The molecule has 0 spiro atoms. The van der Waals surface area contributed by atoms with Gasteiger partial charge in [0, 0.05) is 18.2 Å². The maximum absolute atomic E-state index is 12.9. The molecular weight excluding hydrogens is 179 g/mol. The summed E-state index contributed by atoms with van der Waals surface area (Å²) in [7, 11) is 0. The van der Waals surface area contributed by atoms with Crippen LogP contribution in [0.25, 0.3) is 6.08 Å². The summed E-state index contributed by atoms with van der Waals surface area (Å²) in [6.45, 7) is 0.221. The van der Waals surface area contributed by atoms with Gasteiger partial charge in [-0.2, -0.15) is 0 Å². The van der Waals surface area contributed by atoms with Crippen LogP contribution >= 0.6 is 0 Å². The second kappa shape index (κ2) is 4.09. The monoisotopic (exact) mass is 187 g/mol. The van der Waals surface area contributed by atoms with Crippen molar-refractivity contribution in [1.82, 2.24) is 0 Å². The van der Waals surface area contributed by atoms with Crippen LogP contribution in [0.4, 0.5) is 13.2 Å². The number of benzene rings is 1. The standard InChI is InChI=1S/C9H8F3N/c10-7-5-9(12)8(11)4-6(7)2-1-3-13/h1-2,4-5H,3,13H2/b2-1+. The number of hydrogen-bond donors (Lipinski definition) is 1. The molecule has 1 aromatic rings. The molecule has 0 saturated carbocycles. The Balaban J connectivity index is 3.08. The molecule has 0 aliphatic carbocycles. The average Bonchev–Trinajstić information content (AvgIpc) is 2.09. The highest BCUT2D eigenvalue weighted by molar-refractivity contribution is 5.50. The second-order valence-corrected chi connectivity index (χ2v) is 2.43. The summed E-state index contributed by atoms with van der Waals surface area (Å²) in [5.74, 6) is -3.07. The van der Waals surface area contributed by atoms with Gasteiger partial charge in [-0.05, 0) is 6.07 Å². The van der Waals surface area contributed by atoms with Crippen molar-refractivity contribution in [2.75, 3.05) is 6.54 Å². The highest BCUT2D eigenvalue weighted by atomic mass is 19.2. The van der Waals surface area contributed by atoms with E-state index in [1.54, 1.807) is 0 Å². The molecule has 1 rings (SSSR count). The Hall–Kier alpha value is -1.29. The Labute approximate surface area is 73.7 Å². The van der Waals surface area contributed by atoms with Crippen molar-refractivity contribution in [1.29, 1.82) is 0 Å². The van der Waals surface area contributed by atoms with Gasteiger partial charge in [-0.25, -0.2) is 13.2 Å². The van der Waals surface area contributed by atoms with Crippen molar-refractivity contribution < 1.29 is 13.2 Å². The van der Waals surface area contributed by atoms with Crippen LogP contribution in [0, 0.1) is 17.5 Å². The van der Waals surface area contributed by atoms with Gasteiger partial charge in [0.05, 0.1) is 0 Å². The third-order valence-corrected chi connectivity index (χ3v) is 1.47. The predicted octanol–water partition coefficient (Wildman–Crippen LogP) is 2.08. The summed E-state index contributed by atoms with van der Waals surface area (Å²) in [6, 6.07) is 1.29. The quantitative estimate of drug-likeness (QED) is 0.705. The fraction of sp³-hybridized carbons (Fsp3) is 0.111. The minimum absolute atomic E-state index is 0.00986. The van der Waals surface area contributed by atoms with Gasteiger partial charge < -0.3 is 5.73 Å². The highest BCUT2D eigenvalue weighted by Gasteiger charge is 2.06. The summed E-state index contributed by atoms with van der Waals surface area (Å²) >= 11 is 0. The summed E-state index contributed by atoms with van der Waals surface area (Å²) in [5.41, 5.74) is 5.11. The predicted molar refractivity (Wildman–Crippen MR) is 44.4 cm³/mol. The van der Waals surface area contributed by atoms with E-state index < -0.39 is 17.5 Å². The van der Waals surface area contributed by atoms with Crippen molar-refractivity contribution >= 4 is 6.08 Å². The Kier molecular flexibility index (Phi) is 3.08. The molecule has 2 N–H and O–H groups in total. The zero-order valence-electron chi connectivity index (χ0n) is 6.73. The van der Waals surface area contributed by atoms with Gasteiger partial charge in [0.25, 0.3) is 0 Å². The minimum atomic E-state index is -1.19. The van der Waals surface area contributed by atoms with Gasteiger partial charge in [-0.3, -0.25) is 0 Å². The molecule has 0 saturated heterocycles. The first-order valence-corrected chi connectivity index (χ1v) is 3.66. The van der Waals surface area contributed by atoms with Gasteiger partial charge in [0.1, 0.15) is 5.82 Å². The van der Waals surface area contributed by atoms with E-state index in [-0.39, 0.29) is 12.1 Å². The molecule has 4 heteroatoms. The molecule has 0 aromatic heterocycles. The molecule has 1 aromatic carbocycles. The molecule has 1 nitrogen and oxygen atoms in total. The fourth-order valence-electron chi connectivity index (χ4n) is 0.861. The second-order valence-electron chi connectivity index (χ2n) is 2.43. The van der Waals surface area contributed by atoms with Crippen molar-refractivity contribution in [2.24, 2.45) is 5.73 Å². The maximum Gasteiger partial charge on any atom is 0.161 e. The zero-order valence-corrected chi connectivity index (χ0v) is 6.73. The summed E-state index contributed by atoms with van der Waals surface area (Å²) in [4.78, 5) is 0. The number of nitrogens with two attached hydrogens (primary N) is 1. The van der Waals surface area contributed by atoms with E-state index in [2.05, 4.69) is 0 Å². The number of rotatable bonds is 2. The lowest BCUT2D eigenvalue weighted by Crippen LogP contribution is -1.94. The summed E-state index contributed by atoms with van der Waals surface area (Å²) in [6.07, 6.45) is 2.76. The van der Waals surface area contributed by atoms with E-state index in [4.69, 9.17) is 5.73 Å². The first-order chi connectivity index (χ1) is 6.15. The fourth-order valence-corrected chi connectivity index (χ4v) is 0.861. The Morgan fingerprint density at radius 1 is 1.08 bits per heavy atom. The molecule has 0 unspecified atom stereocenters. The Morgan fingerprint density at radius 2 is 1.69 bits per heavy atom. The summed E-state index contributed by atoms with van der Waals surface area (Å²) in [5, 5.41) is 0. The van der Waals surface area contributed by atoms with Gasteiger partial charge in [-0.15, -0.1) is 0 Å². The molecule has 0 aliphatic rings. The summed E-state index contributed by atoms with van der Waals surface area (Å²) < 4.78 is 37.9. The molecule has 13 heavy (non-hydrogen) atoms. The molecule has 0 bridgehead atoms. The lowest BCUT2D eigenvalue weighted by Gasteiger charge is -1.97. The van der Waals surface area contributed by atoms with Crippen molar-refractivity contribution in [3.8, 4) is 0 Å². The lowest BCUT2D eigenvalue weighted by atomic mass is 10.2. The smallest absolute Gasteiger partial charge is 0.161 e. The molecular formula is C9H8F3N. The largest absolute Gasteiger partial charge is 0.327 e. The van der Waals surface area contributed by atoms with E-state index >= 15 is 0 Å². The van der Waals surface area contributed by atoms with Gasteiger partial charge >= 0.3 is 0 Å². The van der Waals surface area contributed by atoms with Gasteiger partial charge in [-0.1, -0.05) is 12.2 Å². The number of hydrogen-bond acceptors (Lipinski definition) is 1. The van der Waals surface area contributed by atoms with Crippen LogP contribution in [-0.2, 0) is 0 Å². The maximum atomic E-state index is 12.9. The molecule has 0 aliphatic heterocycles. The van der Waals surface area contributed by atoms with Crippen LogP contribution in [0.1, 0.15) is 5.56 Å². The molecule has 0 atom stereocenters. The SMILES string of the molecule is NC/C=C/c1cc(F)c(F)cc1F. The normalized spacial score (nSPS) is 11.1. The van der Waals surface area contributed by atoms with E-state index in [0.29, 0.717) is 6.07 Å². The average molecular weight is 187 g/mol. The van der Waals surface area contributed by atoms with Crippen LogP contribution in [0.5, 0.6) is 0 Å². The van der Waals surface area contributed by atoms with E-state index in [1.165, 1.54) is 12.2 Å². The van der Waals surface area contributed by atoms with Crippen LogP contribution in [0.3, 0.4) is 0 Å². The first kappa shape index (κ1) is 9.80. The minimum Gasteiger partial charge on any atom is -0.327 e. The highest BCUT2D eigenvalue weighted by Crippen LogP contribution is 2.14. The first-order valence-electron chi connectivity index (χ1n) is 3.66. The lowest BCUT2D eigenvalue weighted by molar-refractivity contribution is 0.494. The van der Waals surface area contributed by atoms with Crippen molar-refractivity contribution in [3.05, 3.63) is 41.2 Å². The van der Waals surface area contributed by atoms with Gasteiger partial charge in [0.15, 0.2) is 11.6 Å². The van der Waals surface area contributed by atoms with Crippen LogP contribution in [-0.4, -0.2) is 6.54 Å². The van der Waals surface area contributed by atoms with Crippen LogP contribution in [0.2, 0.25) is 0 Å².